The maximum absolute atomic E-state index is 12.0. The smallest absolute Gasteiger partial charge is 0.333 e. The Balaban J connectivity index is 2.31. The molecule has 5 heteroatoms. The summed E-state index contributed by atoms with van der Waals surface area (Å²) in [5.74, 6) is -0.355. The van der Waals surface area contributed by atoms with Gasteiger partial charge in [-0.15, -0.1) is 0 Å². The van der Waals surface area contributed by atoms with Crippen LogP contribution in [-0.4, -0.2) is 18.1 Å². The van der Waals surface area contributed by atoms with Crippen molar-refractivity contribution in [2.75, 3.05) is 12.4 Å². The number of para-hydroxylation sites is 1. The number of aryl methyl sites for hydroxylation is 1. The third-order valence-electron chi connectivity index (χ3n) is 2.88. The number of nitrogens with zero attached hydrogens (tertiary/aromatic N) is 1. The largest absolute Gasteiger partial charge is 0.467 e. The Morgan fingerprint density at radius 2 is 2.05 bits per heavy atom. The maximum atomic E-state index is 12.0. The number of carbonyl (C=O) groups excluding carboxylic acids is 1. The van der Waals surface area contributed by atoms with Crippen molar-refractivity contribution in [2.24, 2.45) is 0 Å². The van der Waals surface area contributed by atoms with Crippen LogP contribution < -0.4 is 5.32 Å². The number of methoxy groups -OCH3 is 1. The fourth-order valence-corrected chi connectivity index (χ4v) is 2.18. The summed E-state index contributed by atoms with van der Waals surface area (Å²) in [5, 5.41) is 3.17. The van der Waals surface area contributed by atoms with Crippen LogP contribution in [0.15, 0.2) is 47.1 Å². The third kappa shape index (κ3) is 3.36. The van der Waals surface area contributed by atoms with Crippen LogP contribution in [0.25, 0.3) is 0 Å². The highest BCUT2D eigenvalue weighted by molar-refractivity contribution is 9.10. The number of halogens is 1. The number of nitrogens with one attached hydrogen (secondary N) is 1. The van der Waals surface area contributed by atoms with Gasteiger partial charge in [0.1, 0.15) is 0 Å². The van der Waals surface area contributed by atoms with Gasteiger partial charge in [-0.05, 0) is 41.1 Å². The van der Waals surface area contributed by atoms with Crippen LogP contribution in [0.5, 0.6) is 0 Å². The first-order valence-electron chi connectivity index (χ1n) is 6.13. The number of hydrogen-bond donors (Lipinski definition) is 1. The standard InChI is InChI=1S/C15H15BrN2O2/c1-10-7-8-11(9-17-10)14(15(19)20-2)18-13-6-4-3-5-12(13)16/h3-9,14,18H,1-2H3. The molecule has 0 spiro atoms. The summed E-state index contributed by atoms with van der Waals surface area (Å²) in [6, 6.07) is 10.8. The Morgan fingerprint density at radius 3 is 2.65 bits per heavy atom. The van der Waals surface area contributed by atoms with Gasteiger partial charge in [-0.2, -0.15) is 0 Å². The molecule has 20 heavy (non-hydrogen) atoms. The van der Waals surface area contributed by atoms with E-state index in [9.17, 15) is 4.79 Å². The summed E-state index contributed by atoms with van der Waals surface area (Å²) in [5.41, 5.74) is 2.49. The molecule has 1 atom stereocenters. The molecule has 2 aromatic rings. The summed E-state index contributed by atoms with van der Waals surface area (Å²) in [7, 11) is 1.37. The third-order valence-corrected chi connectivity index (χ3v) is 3.57. The highest BCUT2D eigenvalue weighted by Crippen LogP contribution is 2.26. The van der Waals surface area contributed by atoms with E-state index in [1.807, 2.05) is 43.3 Å². The van der Waals surface area contributed by atoms with E-state index in [0.717, 1.165) is 21.4 Å². The fourth-order valence-electron chi connectivity index (χ4n) is 1.78. The Morgan fingerprint density at radius 1 is 1.30 bits per heavy atom. The molecule has 1 unspecified atom stereocenters. The number of rotatable bonds is 4. The lowest BCUT2D eigenvalue weighted by Crippen LogP contribution is -2.22. The van der Waals surface area contributed by atoms with Gasteiger partial charge in [-0.25, -0.2) is 4.79 Å². The highest BCUT2D eigenvalue weighted by Gasteiger charge is 2.22. The molecule has 0 fully saturated rings. The number of ether oxygens (including phenoxy) is 1. The SMILES string of the molecule is COC(=O)C(Nc1ccccc1Br)c1ccc(C)nc1. The van der Waals surface area contributed by atoms with Crippen LogP contribution in [0.2, 0.25) is 0 Å². The van der Waals surface area contributed by atoms with Gasteiger partial charge in [-0.1, -0.05) is 18.2 Å². The molecule has 0 saturated heterocycles. The van der Waals surface area contributed by atoms with Gasteiger partial charge in [0.2, 0.25) is 0 Å². The van der Waals surface area contributed by atoms with E-state index < -0.39 is 6.04 Å². The van der Waals surface area contributed by atoms with Crippen molar-refractivity contribution in [1.82, 2.24) is 4.98 Å². The molecular weight excluding hydrogens is 320 g/mol. The van der Waals surface area contributed by atoms with Crippen LogP contribution in [-0.2, 0) is 9.53 Å². The quantitative estimate of drug-likeness (QED) is 0.869. The molecular formula is C15H15BrN2O2. The molecule has 0 aliphatic heterocycles. The topological polar surface area (TPSA) is 51.2 Å². The van der Waals surface area contributed by atoms with E-state index in [0.29, 0.717) is 0 Å². The molecule has 0 aliphatic rings. The lowest BCUT2D eigenvalue weighted by atomic mass is 10.1. The molecule has 0 aliphatic carbocycles. The van der Waals surface area contributed by atoms with E-state index in [4.69, 9.17) is 4.74 Å². The zero-order valence-corrected chi connectivity index (χ0v) is 12.8. The number of esters is 1. The monoisotopic (exact) mass is 334 g/mol. The summed E-state index contributed by atoms with van der Waals surface area (Å²) in [6.45, 7) is 1.90. The minimum Gasteiger partial charge on any atom is -0.467 e. The normalized spacial score (nSPS) is 11.8. The van der Waals surface area contributed by atoms with Crippen LogP contribution in [0.4, 0.5) is 5.69 Å². The molecule has 1 heterocycles. The van der Waals surface area contributed by atoms with Crippen LogP contribution >= 0.6 is 15.9 Å². The number of pyridine rings is 1. The number of hydrogen-bond acceptors (Lipinski definition) is 4. The van der Waals surface area contributed by atoms with Gasteiger partial charge in [0.05, 0.1) is 7.11 Å². The Hall–Kier alpha value is -1.88. The maximum Gasteiger partial charge on any atom is 0.333 e. The van der Waals surface area contributed by atoms with Crippen molar-refractivity contribution >= 4 is 27.6 Å². The number of carbonyl (C=O) groups is 1. The summed E-state index contributed by atoms with van der Waals surface area (Å²) in [4.78, 5) is 16.2. The van der Waals surface area contributed by atoms with Crippen molar-refractivity contribution in [1.29, 1.82) is 0 Å². The average molecular weight is 335 g/mol. The molecule has 0 saturated carbocycles. The molecule has 0 amide bonds. The number of anilines is 1. The first-order chi connectivity index (χ1) is 9.61. The molecule has 0 radical (unpaired) electrons. The Kier molecular flexibility index (Phi) is 4.74. The molecule has 104 valence electrons. The van der Waals surface area contributed by atoms with Gasteiger partial charge in [0, 0.05) is 27.6 Å². The second kappa shape index (κ2) is 6.52. The molecule has 4 nitrogen and oxygen atoms in total. The minimum atomic E-state index is -0.591. The zero-order chi connectivity index (χ0) is 14.5. The molecule has 2 rings (SSSR count). The highest BCUT2D eigenvalue weighted by atomic mass is 79.9. The summed E-state index contributed by atoms with van der Waals surface area (Å²) in [6.07, 6.45) is 1.68. The van der Waals surface area contributed by atoms with Crippen LogP contribution in [0, 0.1) is 6.92 Å². The molecule has 1 aromatic carbocycles. The second-order valence-electron chi connectivity index (χ2n) is 4.31. The van der Waals surface area contributed by atoms with E-state index >= 15 is 0 Å². The Labute approximate surface area is 126 Å². The number of aromatic nitrogens is 1. The van der Waals surface area contributed by atoms with Crippen molar-refractivity contribution in [3.63, 3.8) is 0 Å². The van der Waals surface area contributed by atoms with Crippen molar-refractivity contribution in [3.8, 4) is 0 Å². The van der Waals surface area contributed by atoms with Crippen molar-refractivity contribution < 1.29 is 9.53 Å². The zero-order valence-electron chi connectivity index (χ0n) is 11.3. The van der Waals surface area contributed by atoms with Crippen LogP contribution in [0.3, 0.4) is 0 Å². The predicted octanol–water partition coefficient (Wildman–Crippen LogP) is 3.48. The average Bonchev–Trinajstić information content (AvgIpc) is 2.47. The first kappa shape index (κ1) is 14.5. The molecule has 1 aromatic heterocycles. The lowest BCUT2D eigenvalue weighted by Gasteiger charge is -2.18. The van der Waals surface area contributed by atoms with Crippen LogP contribution in [0.1, 0.15) is 17.3 Å². The van der Waals surface area contributed by atoms with Crippen molar-refractivity contribution in [2.45, 2.75) is 13.0 Å². The van der Waals surface area contributed by atoms with Crippen molar-refractivity contribution in [3.05, 3.63) is 58.3 Å². The van der Waals surface area contributed by atoms with Gasteiger partial charge >= 0.3 is 5.97 Å². The minimum absolute atomic E-state index is 0.355. The van der Waals surface area contributed by atoms with Gasteiger partial charge < -0.3 is 10.1 Å². The Bertz CT molecular complexity index is 599. The van der Waals surface area contributed by atoms with E-state index in [1.54, 1.807) is 6.20 Å². The van der Waals surface area contributed by atoms with E-state index in [2.05, 4.69) is 26.2 Å². The van der Waals surface area contributed by atoms with E-state index in [-0.39, 0.29) is 5.97 Å². The van der Waals surface area contributed by atoms with Gasteiger partial charge in [0.15, 0.2) is 6.04 Å². The lowest BCUT2D eigenvalue weighted by molar-refractivity contribution is -0.141. The second-order valence-corrected chi connectivity index (χ2v) is 5.17. The van der Waals surface area contributed by atoms with Gasteiger partial charge in [0.25, 0.3) is 0 Å². The number of benzene rings is 1. The summed E-state index contributed by atoms with van der Waals surface area (Å²) >= 11 is 3.45. The van der Waals surface area contributed by atoms with Gasteiger partial charge in [-0.3, -0.25) is 4.98 Å². The molecule has 1 N–H and O–H groups in total. The molecule has 0 bridgehead atoms. The first-order valence-corrected chi connectivity index (χ1v) is 6.92. The van der Waals surface area contributed by atoms with E-state index in [1.165, 1.54) is 7.11 Å². The fraction of sp³-hybridized carbons (Fsp3) is 0.200. The summed E-state index contributed by atoms with van der Waals surface area (Å²) < 4.78 is 5.75. The predicted molar refractivity (Wildman–Crippen MR) is 81.5 cm³/mol.